The third kappa shape index (κ3) is 4.19. The maximum absolute atomic E-state index is 12.7. The number of carbonyl (C=O) groups excluding carboxylic acids is 2. The van der Waals surface area contributed by atoms with Crippen molar-refractivity contribution in [3.05, 3.63) is 53.6 Å². The summed E-state index contributed by atoms with van der Waals surface area (Å²) in [7, 11) is -1.38. The molecule has 0 spiro atoms. The molecule has 1 N–H and O–H groups in total. The summed E-state index contributed by atoms with van der Waals surface area (Å²) in [6.45, 7) is -0.198. The second kappa shape index (κ2) is 8.52. The minimum absolute atomic E-state index is 0.0421. The third-order valence-electron chi connectivity index (χ3n) is 4.61. The van der Waals surface area contributed by atoms with E-state index in [1.54, 1.807) is 0 Å². The first-order valence-corrected chi connectivity index (χ1v) is 10.5. The van der Waals surface area contributed by atoms with Gasteiger partial charge in [0.15, 0.2) is 11.5 Å². The van der Waals surface area contributed by atoms with E-state index in [9.17, 15) is 18.0 Å². The summed E-state index contributed by atoms with van der Waals surface area (Å²) in [5, 5.41) is 2.66. The first-order chi connectivity index (χ1) is 13.9. The Balaban J connectivity index is 1.64. The highest BCUT2D eigenvalue weighted by Crippen LogP contribution is 2.38. The van der Waals surface area contributed by atoms with E-state index in [-0.39, 0.29) is 22.0 Å². The molecular weight excluding hydrogens is 396 g/mol. The van der Waals surface area contributed by atoms with Gasteiger partial charge >= 0.3 is 0 Å². The zero-order valence-corrected chi connectivity index (χ0v) is 17.0. The monoisotopic (exact) mass is 418 g/mol. The van der Waals surface area contributed by atoms with E-state index in [0.29, 0.717) is 17.3 Å². The minimum Gasteiger partial charge on any atom is -0.493 e. The lowest BCUT2D eigenvalue weighted by molar-refractivity contribution is -0.121. The topological polar surface area (TPSA) is 102 Å². The molecule has 0 radical (unpaired) electrons. The summed E-state index contributed by atoms with van der Waals surface area (Å²) in [5.74, 6) is -0.876. The minimum atomic E-state index is -4.13. The summed E-state index contributed by atoms with van der Waals surface area (Å²) in [5.41, 5.74) is 1.11. The number of fused-ring (bicyclic) bond motifs is 1. The van der Waals surface area contributed by atoms with E-state index in [1.165, 1.54) is 26.4 Å². The van der Waals surface area contributed by atoms with E-state index in [2.05, 4.69) is 5.32 Å². The largest absolute Gasteiger partial charge is 0.493 e. The summed E-state index contributed by atoms with van der Waals surface area (Å²) in [4.78, 5) is 24.6. The molecule has 0 fully saturated rings. The Labute approximate surface area is 169 Å². The van der Waals surface area contributed by atoms with Crippen LogP contribution in [-0.2, 0) is 21.2 Å². The average Bonchev–Trinajstić information content (AvgIpc) is 2.91. The van der Waals surface area contributed by atoms with Crippen LogP contribution in [0.1, 0.15) is 22.3 Å². The van der Waals surface area contributed by atoms with Crippen molar-refractivity contribution < 1.29 is 27.5 Å². The van der Waals surface area contributed by atoms with Crippen molar-refractivity contribution >= 4 is 21.8 Å². The van der Waals surface area contributed by atoms with Crippen LogP contribution in [0.25, 0.3) is 0 Å². The van der Waals surface area contributed by atoms with E-state index in [0.717, 1.165) is 12.0 Å². The Bertz CT molecular complexity index is 1020. The number of methoxy groups -OCH3 is 2. The van der Waals surface area contributed by atoms with Crippen LogP contribution >= 0.6 is 0 Å². The van der Waals surface area contributed by atoms with Crippen LogP contribution in [-0.4, -0.2) is 51.8 Å². The van der Waals surface area contributed by atoms with E-state index in [1.807, 2.05) is 30.3 Å². The second-order valence-electron chi connectivity index (χ2n) is 6.46. The molecule has 0 unspecified atom stereocenters. The lowest BCUT2D eigenvalue weighted by atomic mass is 10.1. The zero-order chi connectivity index (χ0) is 21.0. The fraction of sp³-hybridized carbons (Fsp3) is 0.300. The van der Waals surface area contributed by atoms with Crippen LogP contribution < -0.4 is 14.8 Å². The highest BCUT2D eigenvalue weighted by Gasteiger charge is 2.43. The molecule has 2 amide bonds. The molecule has 1 aliphatic rings. The molecular formula is C20H22N2O6S. The summed E-state index contributed by atoms with van der Waals surface area (Å²) in [6.07, 6.45) is 1.48. The fourth-order valence-electron chi connectivity index (χ4n) is 3.11. The summed E-state index contributed by atoms with van der Waals surface area (Å²) < 4.78 is 36.3. The first-order valence-electron chi connectivity index (χ1n) is 9.02. The van der Waals surface area contributed by atoms with Crippen LogP contribution in [0, 0.1) is 0 Å². The highest BCUT2D eigenvalue weighted by atomic mass is 32.2. The Morgan fingerprint density at radius 3 is 2.38 bits per heavy atom. The SMILES string of the molecule is COc1cc2c(cc1OC)S(=O)(=O)N(CC(=O)NCCCc1ccccc1)C2=O. The Morgan fingerprint density at radius 2 is 1.72 bits per heavy atom. The lowest BCUT2D eigenvalue weighted by Gasteiger charge is -2.14. The van der Waals surface area contributed by atoms with Gasteiger partial charge in [0.25, 0.3) is 15.9 Å². The van der Waals surface area contributed by atoms with Crippen LogP contribution in [0.2, 0.25) is 0 Å². The maximum Gasteiger partial charge on any atom is 0.269 e. The molecule has 0 saturated heterocycles. The van der Waals surface area contributed by atoms with Gasteiger partial charge < -0.3 is 14.8 Å². The van der Waals surface area contributed by atoms with Gasteiger partial charge in [-0.1, -0.05) is 30.3 Å². The molecule has 1 aliphatic heterocycles. The molecule has 1 heterocycles. The molecule has 29 heavy (non-hydrogen) atoms. The van der Waals surface area contributed by atoms with Crippen molar-refractivity contribution in [3.63, 3.8) is 0 Å². The van der Waals surface area contributed by atoms with Crippen LogP contribution in [0.5, 0.6) is 11.5 Å². The third-order valence-corrected chi connectivity index (χ3v) is 6.37. The fourth-order valence-corrected chi connectivity index (χ4v) is 4.63. The van der Waals surface area contributed by atoms with Gasteiger partial charge in [0, 0.05) is 12.6 Å². The highest BCUT2D eigenvalue weighted by molar-refractivity contribution is 7.90. The van der Waals surface area contributed by atoms with Gasteiger partial charge in [-0.3, -0.25) is 9.59 Å². The Hall–Kier alpha value is -3.07. The molecule has 8 nitrogen and oxygen atoms in total. The number of carbonyl (C=O) groups is 2. The van der Waals surface area contributed by atoms with E-state index < -0.39 is 28.4 Å². The number of hydrogen-bond donors (Lipinski definition) is 1. The normalized spacial score (nSPS) is 14.4. The summed E-state index contributed by atoms with van der Waals surface area (Å²) in [6, 6.07) is 12.4. The lowest BCUT2D eigenvalue weighted by Crippen LogP contribution is -2.40. The van der Waals surface area contributed by atoms with Gasteiger partial charge in [0.05, 0.1) is 19.8 Å². The Morgan fingerprint density at radius 1 is 1.07 bits per heavy atom. The predicted octanol–water partition coefficient (Wildman–Crippen LogP) is 1.60. The van der Waals surface area contributed by atoms with Gasteiger partial charge in [0.1, 0.15) is 11.4 Å². The van der Waals surface area contributed by atoms with Gasteiger partial charge in [-0.25, -0.2) is 12.7 Å². The smallest absolute Gasteiger partial charge is 0.269 e. The molecule has 3 rings (SSSR count). The quantitative estimate of drug-likeness (QED) is 0.654. The number of benzene rings is 2. The molecule has 0 atom stereocenters. The molecule has 2 aromatic carbocycles. The van der Waals surface area contributed by atoms with Gasteiger partial charge in [-0.2, -0.15) is 0 Å². The Kier molecular flexibility index (Phi) is 6.07. The van der Waals surface area contributed by atoms with Crippen molar-refractivity contribution in [1.82, 2.24) is 9.62 Å². The number of aryl methyl sites for hydroxylation is 1. The van der Waals surface area contributed by atoms with Crippen molar-refractivity contribution in [2.45, 2.75) is 17.7 Å². The molecule has 154 valence electrons. The number of amides is 2. The van der Waals surface area contributed by atoms with Gasteiger partial charge in [-0.15, -0.1) is 0 Å². The zero-order valence-electron chi connectivity index (χ0n) is 16.2. The number of nitrogens with one attached hydrogen (secondary N) is 1. The maximum atomic E-state index is 12.7. The molecule has 0 saturated carbocycles. The number of hydrogen-bond acceptors (Lipinski definition) is 6. The molecule has 2 aromatic rings. The van der Waals surface area contributed by atoms with E-state index in [4.69, 9.17) is 9.47 Å². The van der Waals surface area contributed by atoms with Crippen molar-refractivity contribution in [3.8, 4) is 11.5 Å². The average molecular weight is 418 g/mol. The molecule has 9 heteroatoms. The number of ether oxygens (including phenoxy) is 2. The van der Waals surface area contributed by atoms with Gasteiger partial charge in [-0.05, 0) is 24.5 Å². The van der Waals surface area contributed by atoms with E-state index >= 15 is 0 Å². The number of rotatable bonds is 8. The molecule has 0 aliphatic carbocycles. The van der Waals surface area contributed by atoms with Crippen molar-refractivity contribution in [2.24, 2.45) is 0 Å². The summed E-state index contributed by atoms with van der Waals surface area (Å²) >= 11 is 0. The molecule has 0 bridgehead atoms. The predicted molar refractivity (Wildman–Crippen MR) is 106 cm³/mol. The van der Waals surface area contributed by atoms with Gasteiger partial charge in [0.2, 0.25) is 5.91 Å². The molecule has 0 aromatic heterocycles. The van der Waals surface area contributed by atoms with Crippen LogP contribution in [0.15, 0.2) is 47.4 Å². The van der Waals surface area contributed by atoms with Crippen LogP contribution in [0.3, 0.4) is 0 Å². The first kappa shape index (κ1) is 20.7. The van der Waals surface area contributed by atoms with Crippen molar-refractivity contribution in [2.75, 3.05) is 27.3 Å². The van der Waals surface area contributed by atoms with Crippen molar-refractivity contribution in [1.29, 1.82) is 0 Å². The van der Waals surface area contributed by atoms with Crippen LogP contribution in [0.4, 0.5) is 0 Å². The number of sulfonamides is 1. The standard InChI is InChI=1S/C20H22N2O6S/c1-27-16-11-15-18(12-17(16)28-2)29(25,26)22(20(15)24)13-19(23)21-10-6-9-14-7-4-3-5-8-14/h3-5,7-8,11-12H,6,9-10,13H2,1-2H3,(H,21,23). The second-order valence-corrected chi connectivity index (χ2v) is 8.29. The number of nitrogens with zero attached hydrogens (tertiary/aromatic N) is 1.